The summed E-state index contributed by atoms with van der Waals surface area (Å²) in [5, 5.41) is 0.410. The fraction of sp³-hybridized carbons (Fsp3) is 0.200. The summed E-state index contributed by atoms with van der Waals surface area (Å²) in [5.41, 5.74) is 3.64. The predicted molar refractivity (Wildman–Crippen MR) is 73.2 cm³/mol. The Morgan fingerprint density at radius 2 is 2.06 bits per heavy atom. The van der Waals surface area contributed by atoms with E-state index in [0.717, 1.165) is 16.7 Å². The summed E-state index contributed by atoms with van der Waals surface area (Å²) in [5.74, 6) is -0.0469. The molecule has 0 bridgehead atoms. The molecule has 0 atom stereocenters. The molecule has 1 aromatic heterocycles. The van der Waals surface area contributed by atoms with Gasteiger partial charge in [-0.05, 0) is 37.1 Å². The van der Waals surface area contributed by atoms with Crippen molar-refractivity contribution in [2.45, 2.75) is 20.3 Å². The van der Waals surface area contributed by atoms with Crippen molar-refractivity contribution in [2.24, 2.45) is 0 Å². The van der Waals surface area contributed by atoms with Crippen LogP contribution >= 0.6 is 11.6 Å². The van der Waals surface area contributed by atoms with Crippen LogP contribution in [0.25, 0.3) is 0 Å². The molecule has 0 N–H and O–H groups in total. The molecular formula is C15H14ClNO. The van der Waals surface area contributed by atoms with E-state index >= 15 is 0 Å². The summed E-state index contributed by atoms with van der Waals surface area (Å²) < 4.78 is 0. The molecule has 0 aliphatic heterocycles. The molecule has 0 spiro atoms. The number of hydrogen-bond donors (Lipinski definition) is 0. The second kappa shape index (κ2) is 5.32. The van der Waals surface area contributed by atoms with Crippen molar-refractivity contribution >= 4 is 17.4 Å². The minimum Gasteiger partial charge on any atom is -0.292 e. The maximum absolute atomic E-state index is 12.2. The first-order valence-corrected chi connectivity index (χ1v) is 6.15. The number of nitrogens with zero attached hydrogens (tertiary/aromatic N) is 1. The van der Waals surface area contributed by atoms with Crippen LogP contribution in [0.1, 0.15) is 27.2 Å². The van der Waals surface area contributed by atoms with Crippen molar-refractivity contribution in [3.63, 3.8) is 0 Å². The number of aryl methyl sites for hydroxylation is 2. The van der Waals surface area contributed by atoms with Crippen molar-refractivity contribution in [1.29, 1.82) is 0 Å². The van der Waals surface area contributed by atoms with E-state index in [2.05, 4.69) is 4.98 Å². The molecule has 0 saturated heterocycles. The zero-order valence-corrected chi connectivity index (χ0v) is 11.2. The van der Waals surface area contributed by atoms with Gasteiger partial charge in [0.15, 0.2) is 5.78 Å². The minimum absolute atomic E-state index is 0.0469. The number of carbonyl (C=O) groups excluding carboxylic acids is 1. The summed E-state index contributed by atoms with van der Waals surface area (Å²) in [6.45, 7) is 4.02. The van der Waals surface area contributed by atoms with Crippen LogP contribution in [0.15, 0.2) is 36.5 Å². The lowest BCUT2D eigenvalue weighted by molar-refractivity contribution is 0.0988. The van der Waals surface area contributed by atoms with E-state index in [9.17, 15) is 4.79 Å². The zero-order valence-electron chi connectivity index (χ0n) is 10.4. The van der Waals surface area contributed by atoms with Crippen LogP contribution in [-0.2, 0) is 6.42 Å². The molecule has 0 aliphatic rings. The van der Waals surface area contributed by atoms with Gasteiger partial charge in [0.1, 0.15) is 5.69 Å². The Morgan fingerprint density at radius 1 is 1.28 bits per heavy atom. The van der Waals surface area contributed by atoms with Crippen LogP contribution in [0.3, 0.4) is 0 Å². The number of ketones is 1. The number of benzene rings is 1. The molecule has 0 saturated carbocycles. The number of rotatable bonds is 3. The summed E-state index contributed by atoms with van der Waals surface area (Å²) in [6, 6.07) is 9.50. The molecule has 2 rings (SSSR count). The van der Waals surface area contributed by atoms with Crippen LogP contribution in [0.5, 0.6) is 0 Å². The summed E-state index contributed by atoms with van der Waals surface area (Å²) in [7, 11) is 0. The monoisotopic (exact) mass is 259 g/mol. The highest BCUT2D eigenvalue weighted by atomic mass is 35.5. The summed E-state index contributed by atoms with van der Waals surface area (Å²) >= 11 is 5.97. The fourth-order valence-electron chi connectivity index (χ4n) is 1.84. The molecule has 0 aliphatic carbocycles. The van der Waals surface area contributed by atoms with E-state index < -0.39 is 0 Å². The lowest BCUT2D eigenvalue weighted by Gasteiger charge is -2.07. The van der Waals surface area contributed by atoms with Gasteiger partial charge in [0.05, 0.1) is 5.02 Å². The molecule has 0 fully saturated rings. The van der Waals surface area contributed by atoms with E-state index in [1.54, 1.807) is 18.3 Å². The number of halogens is 1. The Morgan fingerprint density at radius 3 is 2.78 bits per heavy atom. The molecule has 0 unspecified atom stereocenters. The van der Waals surface area contributed by atoms with Crippen LogP contribution in [0.4, 0.5) is 0 Å². The van der Waals surface area contributed by atoms with Crippen molar-refractivity contribution in [2.75, 3.05) is 0 Å². The lowest BCUT2D eigenvalue weighted by Crippen LogP contribution is -2.07. The van der Waals surface area contributed by atoms with Crippen LogP contribution in [0, 0.1) is 13.8 Å². The Hall–Kier alpha value is -1.67. The average Bonchev–Trinajstić information content (AvgIpc) is 2.34. The normalized spacial score (nSPS) is 10.4. The smallest absolute Gasteiger partial charge is 0.187 e. The van der Waals surface area contributed by atoms with Gasteiger partial charge in [0.2, 0.25) is 0 Å². The summed E-state index contributed by atoms with van der Waals surface area (Å²) in [6.07, 6.45) is 1.92. The van der Waals surface area contributed by atoms with Gasteiger partial charge in [0.25, 0.3) is 0 Å². The van der Waals surface area contributed by atoms with Crippen molar-refractivity contribution in [3.05, 3.63) is 63.9 Å². The van der Waals surface area contributed by atoms with Crippen LogP contribution in [-0.4, -0.2) is 10.8 Å². The third kappa shape index (κ3) is 2.77. The van der Waals surface area contributed by atoms with Crippen LogP contribution in [0.2, 0.25) is 5.02 Å². The Balaban J connectivity index is 2.27. The highest BCUT2D eigenvalue weighted by molar-refractivity contribution is 6.33. The lowest BCUT2D eigenvalue weighted by atomic mass is 9.99. The number of Topliss-reactive ketones (excluding diaryl/α,β-unsaturated/α-hetero) is 1. The average molecular weight is 260 g/mol. The predicted octanol–water partition coefficient (Wildman–Crippen LogP) is 3.78. The fourth-order valence-corrected chi connectivity index (χ4v) is 2.07. The second-order valence-electron chi connectivity index (χ2n) is 4.36. The van der Waals surface area contributed by atoms with Crippen molar-refractivity contribution < 1.29 is 4.79 Å². The minimum atomic E-state index is -0.0469. The summed E-state index contributed by atoms with van der Waals surface area (Å²) in [4.78, 5) is 16.2. The Bertz CT molecular complexity index is 593. The SMILES string of the molecule is Cc1ccc(C)c(CC(=O)c2ncccc2Cl)c1. The number of carbonyl (C=O) groups is 1. The number of aromatic nitrogens is 1. The second-order valence-corrected chi connectivity index (χ2v) is 4.77. The first kappa shape index (κ1) is 12.8. The van der Waals surface area contributed by atoms with Gasteiger partial charge in [-0.1, -0.05) is 35.4 Å². The van der Waals surface area contributed by atoms with Gasteiger partial charge in [-0.2, -0.15) is 0 Å². The van der Waals surface area contributed by atoms with Gasteiger partial charge < -0.3 is 0 Å². The molecule has 2 nitrogen and oxygen atoms in total. The van der Waals surface area contributed by atoms with E-state index in [1.165, 1.54) is 0 Å². The third-order valence-electron chi connectivity index (χ3n) is 2.88. The van der Waals surface area contributed by atoms with E-state index in [-0.39, 0.29) is 5.78 Å². The molecule has 3 heteroatoms. The Kier molecular flexibility index (Phi) is 3.78. The van der Waals surface area contributed by atoms with Crippen molar-refractivity contribution in [3.8, 4) is 0 Å². The van der Waals surface area contributed by atoms with Gasteiger partial charge >= 0.3 is 0 Å². The van der Waals surface area contributed by atoms with E-state index in [0.29, 0.717) is 17.1 Å². The first-order chi connectivity index (χ1) is 8.58. The first-order valence-electron chi connectivity index (χ1n) is 5.78. The topological polar surface area (TPSA) is 30.0 Å². The largest absolute Gasteiger partial charge is 0.292 e. The van der Waals surface area contributed by atoms with Gasteiger partial charge in [-0.15, -0.1) is 0 Å². The molecule has 1 aromatic carbocycles. The molecule has 18 heavy (non-hydrogen) atoms. The van der Waals surface area contributed by atoms with E-state index in [1.807, 2.05) is 32.0 Å². The maximum Gasteiger partial charge on any atom is 0.187 e. The molecule has 0 amide bonds. The molecule has 0 radical (unpaired) electrons. The Labute approximate surface area is 112 Å². The number of hydrogen-bond acceptors (Lipinski definition) is 2. The molecule has 1 heterocycles. The maximum atomic E-state index is 12.2. The quantitative estimate of drug-likeness (QED) is 0.786. The third-order valence-corrected chi connectivity index (χ3v) is 3.18. The molecular weight excluding hydrogens is 246 g/mol. The standard InChI is InChI=1S/C15H14ClNO/c1-10-5-6-11(2)12(8-10)9-14(18)15-13(16)4-3-7-17-15/h3-8H,9H2,1-2H3. The van der Waals surface area contributed by atoms with E-state index in [4.69, 9.17) is 11.6 Å². The highest BCUT2D eigenvalue weighted by Gasteiger charge is 2.13. The highest BCUT2D eigenvalue weighted by Crippen LogP contribution is 2.17. The van der Waals surface area contributed by atoms with Crippen LogP contribution < -0.4 is 0 Å². The van der Waals surface area contributed by atoms with Gasteiger partial charge in [-0.3, -0.25) is 9.78 Å². The molecule has 92 valence electrons. The number of pyridine rings is 1. The van der Waals surface area contributed by atoms with Crippen molar-refractivity contribution in [1.82, 2.24) is 4.98 Å². The zero-order chi connectivity index (χ0) is 13.1. The van der Waals surface area contributed by atoms with Gasteiger partial charge in [0, 0.05) is 12.6 Å². The molecule has 2 aromatic rings. The van der Waals surface area contributed by atoms with Gasteiger partial charge in [-0.25, -0.2) is 0 Å².